The fourth-order valence-electron chi connectivity index (χ4n) is 1.36. The van der Waals surface area contributed by atoms with Crippen molar-refractivity contribution in [1.82, 2.24) is 0 Å². The topological polar surface area (TPSA) is 58.6 Å². The first kappa shape index (κ1) is 15.2. The number of halogens is 1. The van der Waals surface area contributed by atoms with Crippen LogP contribution < -0.4 is 5.32 Å². The SMILES string of the molecule is CCOCCC(=O)Nc1ccc(C#CCO)c(F)c1. The van der Waals surface area contributed by atoms with Crippen LogP contribution in [0.2, 0.25) is 0 Å². The van der Waals surface area contributed by atoms with E-state index in [2.05, 4.69) is 17.2 Å². The summed E-state index contributed by atoms with van der Waals surface area (Å²) >= 11 is 0. The normalized spacial score (nSPS) is 9.63. The lowest BCUT2D eigenvalue weighted by Crippen LogP contribution is -2.14. The number of nitrogens with one attached hydrogen (secondary N) is 1. The van der Waals surface area contributed by atoms with Crippen molar-refractivity contribution in [2.45, 2.75) is 13.3 Å². The van der Waals surface area contributed by atoms with Gasteiger partial charge in [0.05, 0.1) is 18.6 Å². The second-order valence-corrected chi connectivity index (χ2v) is 3.65. The average molecular weight is 265 g/mol. The van der Waals surface area contributed by atoms with Crippen LogP contribution in [0.15, 0.2) is 18.2 Å². The minimum absolute atomic E-state index is 0.182. The van der Waals surface area contributed by atoms with Crippen molar-refractivity contribution < 1.29 is 19.0 Å². The molecule has 1 rings (SSSR count). The summed E-state index contributed by atoms with van der Waals surface area (Å²) in [5, 5.41) is 11.1. The number of carbonyl (C=O) groups excluding carboxylic acids is 1. The van der Waals surface area contributed by atoms with Crippen LogP contribution in [0.3, 0.4) is 0 Å². The molecule has 102 valence electrons. The van der Waals surface area contributed by atoms with Crippen molar-refractivity contribution in [3.8, 4) is 11.8 Å². The lowest BCUT2D eigenvalue weighted by molar-refractivity contribution is -0.117. The van der Waals surface area contributed by atoms with E-state index in [1.165, 1.54) is 12.1 Å². The van der Waals surface area contributed by atoms with Gasteiger partial charge in [0.1, 0.15) is 12.4 Å². The van der Waals surface area contributed by atoms with E-state index in [4.69, 9.17) is 9.84 Å². The summed E-state index contributed by atoms with van der Waals surface area (Å²) in [6.07, 6.45) is 0.224. The monoisotopic (exact) mass is 265 g/mol. The molecule has 0 unspecified atom stereocenters. The molecule has 1 amide bonds. The van der Waals surface area contributed by atoms with E-state index in [0.29, 0.717) is 18.9 Å². The van der Waals surface area contributed by atoms with Gasteiger partial charge in [-0.3, -0.25) is 4.79 Å². The van der Waals surface area contributed by atoms with Gasteiger partial charge in [-0.25, -0.2) is 4.39 Å². The number of aliphatic hydroxyl groups is 1. The summed E-state index contributed by atoms with van der Waals surface area (Å²) in [5.74, 6) is 4.07. The smallest absolute Gasteiger partial charge is 0.226 e. The first-order chi connectivity index (χ1) is 9.17. The Morgan fingerprint density at radius 2 is 2.32 bits per heavy atom. The summed E-state index contributed by atoms with van der Waals surface area (Å²) < 4.78 is 18.6. The predicted molar refractivity (Wildman–Crippen MR) is 70.1 cm³/mol. The van der Waals surface area contributed by atoms with Crippen molar-refractivity contribution in [2.75, 3.05) is 25.1 Å². The molecule has 0 radical (unpaired) electrons. The zero-order chi connectivity index (χ0) is 14.1. The van der Waals surface area contributed by atoms with E-state index >= 15 is 0 Å². The molecule has 2 N–H and O–H groups in total. The van der Waals surface area contributed by atoms with E-state index in [1.54, 1.807) is 6.07 Å². The maximum absolute atomic E-state index is 13.6. The maximum atomic E-state index is 13.6. The van der Waals surface area contributed by atoms with Crippen molar-refractivity contribution >= 4 is 11.6 Å². The van der Waals surface area contributed by atoms with Gasteiger partial charge < -0.3 is 15.2 Å². The number of anilines is 1. The van der Waals surface area contributed by atoms with Crippen LogP contribution in [0, 0.1) is 17.7 Å². The first-order valence-corrected chi connectivity index (χ1v) is 5.94. The summed E-state index contributed by atoms with van der Waals surface area (Å²) in [7, 11) is 0. The van der Waals surface area contributed by atoms with Gasteiger partial charge in [-0.2, -0.15) is 0 Å². The highest BCUT2D eigenvalue weighted by Crippen LogP contribution is 2.14. The third kappa shape index (κ3) is 5.51. The Hall–Kier alpha value is -1.90. The Bertz CT molecular complexity index is 491. The van der Waals surface area contributed by atoms with Crippen molar-refractivity contribution in [1.29, 1.82) is 0 Å². The Balaban J connectivity index is 2.60. The van der Waals surface area contributed by atoms with Crippen LogP contribution in [-0.4, -0.2) is 30.8 Å². The third-order valence-corrected chi connectivity index (χ3v) is 2.23. The Morgan fingerprint density at radius 1 is 1.53 bits per heavy atom. The number of benzene rings is 1. The summed E-state index contributed by atoms with van der Waals surface area (Å²) in [5.41, 5.74) is 0.551. The number of aliphatic hydroxyl groups excluding tert-OH is 1. The highest BCUT2D eigenvalue weighted by Gasteiger charge is 2.05. The molecule has 5 heteroatoms. The number of carbonyl (C=O) groups is 1. The highest BCUT2D eigenvalue weighted by molar-refractivity contribution is 5.90. The second kappa shape index (κ2) is 8.25. The second-order valence-electron chi connectivity index (χ2n) is 3.65. The van der Waals surface area contributed by atoms with Gasteiger partial charge in [-0.1, -0.05) is 11.8 Å². The molecule has 0 fully saturated rings. The first-order valence-electron chi connectivity index (χ1n) is 5.94. The quantitative estimate of drug-likeness (QED) is 0.627. The van der Waals surface area contributed by atoms with E-state index in [9.17, 15) is 9.18 Å². The van der Waals surface area contributed by atoms with Crippen LogP contribution in [0.5, 0.6) is 0 Å². The molecule has 0 spiro atoms. The maximum Gasteiger partial charge on any atom is 0.226 e. The standard InChI is InChI=1S/C14H16FNO3/c1-2-19-9-7-14(18)16-12-6-5-11(4-3-8-17)13(15)10-12/h5-6,10,17H,2,7-9H2,1H3,(H,16,18). The van der Waals surface area contributed by atoms with E-state index in [-0.39, 0.29) is 24.5 Å². The summed E-state index contributed by atoms with van der Waals surface area (Å²) in [4.78, 5) is 11.5. The lowest BCUT2D eigenvalue weighted by Gasteiger charge is -2.06. The molecule has 0 atom stereocenters. The molecule has 0 aliphatic carbocycles. The van der Waals surface area contributed by atoms with Gasteiger partial charge in [-0.15, -0.1) is 0 Å². The number of rotatable bonds is 5. The van der Waals surface area contributed by atoms with Crippen molar-refractivity contribution in [2.24, 2.45) is 0 Å². The fourth-order valence-corrected chi connectivity index (χ4v) is 1.36. The molecule has 0 bridgehead atoms. The van der Waals surface area contributed by atoms with Crippen molar-refractivity contribution in [3.63, 3.8) is 0 Å². The van der Waals surface area contributed by atoms with Gasteiger partial charge in [0.2, 0.25) is 5.91 Å². The van der Waals surface area contributed by atoms with E-state index in [1.807, 2.05) is 6.92 Å². The largest absolute Gasteiger partial charge is 0.384 e. The summed E-state index contributed by atoms with van der Waals surface area (Å²) in [6.45, 7) is 2.42. The van der Waals surface area contributed by atoms with Crippen LogP contribution >= 0.6 is 0 Å². The van der Waals surface area contributed by atoms with Gasteiger partial charge in [-0.05, 0) is 25.1 Å². The average Bonchev–Trinajstić information content (AvgIpc) is 2.38. The predicted octanol–water partition coefficient (Wildman–Crippen LogP) is 1.53. The highest BCUT2D eigenvalue weighted by atomic mass is 19.1. The molecule has 0 saturated carbocycles. The zero-order valence-electron chi connectivity index (χ0n) is 10.7. The molecule has 0 aromatic heterocycles. The molecule has 0 heterocycles. The molecular formula is C14H16FNO3. The Morgan fingerprint density at radius 3 is 2.95 bits per heavy atom. The van der Waals surface area contributed by atoms with E-state index in [0.717, 1.165) is 0 Å². The lowest BCUT2D eigenvalue weighted by atomic mass is 10.2. The minimum atomic E-state index is -0.538. The van der Waals surface area contributed by atoms with E-state index < -0.39 is 5.82 Å². The van der Waals surface area contributed by atoms with Crippen molar-refractivity contribution in [3.05, 3.63) is 29.6 Å². The molecule has 0 saturated heterocycles. The zero-order valence-corrected chi connectivity index (χ0v) is 10.7. The molecule has 0 aliphatic heterocycles. The number of amides is 1. The molecule has 0 aliphatic rings. The van der Waals surface area contributed by atoms with Crippen LogP contribution in [0.4, 0.5) is 10.1 Å². The minimum Gasteiger partial charge on any atom is -0.384 e. The molecular weight excluding hydrogens is 249 g/mol. The van der Waals surface area contributed by atoms with Gasteiger partial charge in [0, 0.05) is 12.3 Å². The number of hydrogen-bond acceptors (Lipinski definition) is 3. The molecule has 1 aromatic rings. The molecule has 19 heavy (non-hydrogen) atoms. The summed E-state index contributed by atoms with van der Waals surface area (Å²) in [6, 6.07) is 4.21. The number of ether oxygens (including phenoxy) is 1. The fraction of sp³-hybridized carbons (Fsp3) is 0.357. The van der Waals surface area contributed by atoms with Crippen LogP contribution in [-0.2, 0) is 9.53 Å². The molecule has 4 nitrogen and oxygen atoms in total. The Labute approximate surface area is 111 Å². The van der Waals surface area contributed by atoms with Crippen LogP contribution in [0.1, 0.15) is 18.9 Å². The van der Waals surface area contributed by atoms with Gasteiger partial charge in [0.25, 0.3) is 0 Å². The Kier molecular flexibility index (Phi) is 6.58. The van der Waals surface area contributed by atoms with Crippen LogP contribution in [0.25, 0.3) is 0 Å². The van der Waals surface area contributed by atoms with Gasteiger partial charge in [0.15, 0.2) is 0 Å². The number of hydrogen-bond donors (Lipinski definition) is 2. The molecule has 1 aromatic carbocycles. The van der Waals surface area contributed by atoms with Gasteiger partial charge >= 0.3 is 0 Å². The third-order valence-electron chi connectivity index (χ3n) is 2.23.